The summed E-state index contributed by atoms with van der Waals surface area (Å²) in [6.45, 7) is 0. The van der Waals surface area contributed by atoms with Crippen molar-refractivity contribution < 1.29 is 33.4 Å². The molecule has 1 rings (SSSR count). The van der Waals surface area contributed by atoms with Crippen molar-refractivity contribution >= 4 is 40.3 Å². The zero-order chi connectivity index (χ0) is 16.9. The molecule has 0 saturated carbocycles. The van der Waals surface area contributed by atoms with E-state index in [2.05, 4.69) is 0 Å². The Morgan fingerprint density at radius 3 is 2.09 bits per heavy atom. The van der Waals surface area contributed by atoms with Crippen LogP contribution in [0.3, 0.4) is 0 Å². The van der Waals surface area contributed by atoms with Crippen molar-refractivity contribution in [2.45, 2.75) is 22.7 Å². The Balaban J connectivity index is 2.89. The van der Waals surface area contributed by atoms with Gasteiger partial charge in [0.1, 0.15) is 3.92 Å². The maximum Gasteiger partial charge on any atom is 0.316 e. The van der Waals surface area contributed by atoms with Gasteiger partial charge in [0.2, 0.25) is 5.78 Å². The topological polar surface area (TPSA) is 91.7 Å². The number of carbonyl (C=O) groups excluding carboxylic acids is 1. The number of alkyl halides is 3. The molecule has 0 saturated heterocycles. The van der Waals surface area contributed by atoms with Gasteiger partial charge in [-0.15, -0.1) is 0 Å². The zero-order valence-electron chi connectivity index (χ0n) is 11.2. The zero-order valence-corrected chi connectivity index (χ0v) is 13.4. The van der Waals surface area contributed by atoms with Gasteiger partial charge in [-0.1, -0.05) is 52.9 Å². The number of carboxylic acids is 2. The van der Waals surface area contributed by atoms with Crippen molar-refractivity contribution in [2.24, 2.45) is 5.92 Å². The monoisotopic (exact) mass is 426 g/mol. The van der Waals surface area contributed by atoms with Gasteiger partial charge in [-0.3, -0.25) is 14.4 Å². The van der Waals surface area contributed by atoms with E-state index < -0.39 is 46.3 Å². The molecular weight excluding hydrogens is 413 g/mol. The van der Waals surface area contributed by atoms with Gasteiger partial charge in [-0.2, -0.15) is 8.78 Å². The molecule has 8 heteroatoms. The highest BCUT2D eigenvalue weighted by molar-refractivity contribution is 14.1. The lowest BCUT2D eigenvalue weighted by molar-refractivity contribution is -0.145. The molecule has 0 heterocycles. The number of benzene rings is 1. The second-order valence-electron chi connectivity index (χ2n) is 4.68. The fraction of sp³-hybridized carbons (Fsp3) is 0.357. The lowest BCUT2D eigenvalue weighted by Crippen LogP contribution is -2.35. The second kappa shape index (κ2) is 7.61. The van der Waals surface area contributed by atoms with Crippen molar-refractivity contribution in [1.82, 2.24) is 0 Å². The lowest BCUT2D eigenvalue weighted by Gasteiger charge is -2.20. The van der Waals surface area contributed by atoms with Gasteiger partial charge in [-0.25, -0.2) is 0 Å². The summed E-state index contributed by atoms with van der Waals surface area (Å²) in [6, 6.07) is 6.82. The molecule has 0 aliphatic rings. The molecule has 0 amide bonds. The summed E-state index contributed by atoms with van der Waals surface area (Å²) in [5.74, 6) is -9.81. The fourth-order valence-electron chi connectivity index (χ4n) is 1.82. The van der Waals surface area contributed by atoms with Gasteiger partial charge >= 0.3 is 17.9 Å². The first-order valence-corrected chi connectivity index (χ1v) is 7.47. The van der Waals surface area contributed by atoms with Crippen LogP contribution in [0.5, 0.6) is 0 Å². The minimum atomic E-state index is -3.88. The Morgan fingerprint density at radius 1 is 1.09 bits per heavy atom. The Hall–Kier alpha value is -1.58. The number of carbonyl (C=O) groups is 3. The highest BCUT2D eigenvalue weighted by Gasteiger charge is 2.44. The van der Waals surface area contributed by atoms with Gasteiger partial charge in [-0.05, 0) is 6.42 Å². The van der Waals surface area contributed by atoms with Crippen molar-refractivity contribution in [3.8, 4) is 0 Å². The first kappa shape index (κ1) is 18.5. The van der Waals surface area contributed by atoms with Crippen LogP contribution in [0.1, 0.15) is 23.2 Å². The average Bonchev–Trinajstić information content (AvgIpc) is 2.46. The molecule has 1 aromatic carbocycles. The second-order valence-corrected chi connectivity index (χ2v) is 6.18. The summed E-state index contributed by atoms with van der Waals surface area (Å²) in [7, 11) is 0. The molecule has 2 atom stereocenters. The van der Waals surface area contributed by atoms with E-state index in [4.69, 9.17) is 10.2 Å². The highest BCUT2D eigenvalue weighted by Crippen LogP contribution is 2.31. The van der Waals surface area contributed by atoms with E-state index in [-0.39, 0.29) is 5.56 Å². The van der Waals surface area contributed by atoms with Crippen LogP contribution >= 0.6 is 22.6 Å². The molecule has 0 aromatic heterocycles. The molecule has 1 aromatic rings. The molecule has 2 N–H and O–H groups in total. The SMILES string of the molecule is O=C(O)C(I)CC(CC(F)(F)C(=O)c1ccccc1)C(=O)O. The Kier molecular flexibility index (Phi) is 6.39. The number of carboxylic acid groups (broad SMARTS) is 2. The molecule has 22 heavy (non-hydrogen) atoms. The van der Waals surface area contributed by atoms with Crippen LogP contribution in [-0.4, -0.2) is 37.8 Å². The van der Waals surface area contributed by atoms with E-state index in [0.29, 0.717) is 0 Å². The van der Waals surface area contributed by atoms with Crippen molar-refractivity contribution in [3.63, 3.8) is 0 Å². The van der Waals surface area contributed by atoms with Crippen LogP contribution in [0.2, 0.25) is 0 Å². The van der Waals surface area contributed by atoms with E-state index >= 15 is 0 Å². The van der Waals surface area contributed by atoms with Crippen LogP contribution in [0.4, 0.5) is 8.78 Å². The Bertz CT molecular complexity index is 562. The number of Topliss-reactive ketones (excluding diaryl/α,β-unsaturated/α-hetero) is 1. The van der Waals surface area contributed by atoms with Gasteiger partial charge in [0.25, 0.3) is 0 Å². The number of halogens is 3. The lowest BCUT2D eigenvalue weighted by atomic mass is 9.92. The summed E-state index contributed by atoms with van der Waals surface area (Å²) in [4.78, 5) is 33.6. The van der Waals surface area contributed by atoms with Crippen LogP contribution < -0.4 is 0 Å². The molecule has 0 aliphatic heterocycles. The normalized spacial score (nSPS) is 14.1. The van der Waals surface area contributed by atoms with Crippen molar-refractivity contribution in [1.29, 1.82) is 0 Å². The molecule has 0 radical (unpaired) electrons. The molecule has 120 valence electrons. The van der Waals surface area contributed by atoms with E-state index in [0.717, 1.165) is 0 Å². The molecule has 2 unspecified atom stereocenters. The predicted molar refractivity (Wildman–Crippen MR) is 81.5 cm³/mol. The van der Waals surface area contributed by atoms with E-state index in [1.54, 1.807) is 6.07 Å². The largest absolute Gasteiger partial charge is 0.481 e. The van der Waals surface area contributed by atoms with Crippen LogP contribution in [0.25, 0.3) is 0 Å². The number of hydrogen-bond acceptors (Lipinski definition) is 3. The molecule has 0 bridgehead atoms. The summed E-state index contributed by atoms with van der Waals surface area (Å²) < 4.78 is 26.9. The van der Waals surface area contributed by atoms with E-state index in [9.17, 15) is 23.2 Å². The van der Waals surface area contributed by atoms with Crippen LogP contribution in [-0.2, 0) is 9.59 Å². The van der Waals surface area contributed by atoms with Crippen LogP contribution in [0.15, 0.2) is 30.3 Å². The maximum atomic E-state index is 14.0. The summed E-state index contributed by atoms with van der Waals surface area (Å²) in [5.41, 5.74) is -0.221. The number of aliphatic carboxylic acids is 2. The minimum Gasteiger partial charge on any atom is -0.481 e. The first-order valence-electron chi connectivity index (χ1n) is 6.22. The third-order valence-corrected chi connectivity index (χ3v) is 4.02. The minimum absolute atomic E-state index is 0.221. The fourth-order valence-corrected chi connectivity index (χ4v) is 2.44. The van der Waals surface area contributed by atoms with E-state index in [1.807, 2.05) is 0 Å². The van der Waals surface area contributed by atoms with Crippen molar-refractivity contribution in [3.05, 3.63) is 35.9 Å². The average molecular weight is 426 g/mol. The number of rotatable bonds is 8. The molecule has 0 fully saturated rings. The van der Waals surface area contributed by atoms with Crippen molar-refractivity contribution in [2.75, 3.05) is 0 Å². The summed E-state index contributed by atoms with van der Waals surface area (Å²) in [5, 5.41) is 17.7. The standard InChI is InChI=1S/C14H13F2IO5/c15-14(16,11(18)8-4-2-1-3-5-8)7-9(12(19)20)6-10(17)13(21)22/h1-5,9-10H,6-7H2,(H,19,20)(H,21,22). The highest BCUT2D eigenvalue weighted by atomic mass is 127. The predicted octanol–water partition coefficient (Wildman–Crippen LogP) is 2.87. The Labute approximate surface area is 138 Å². The Morgan fingerprint density at radius 2 is 1.64 bits per heavy atom. The molecule has 0 spiro atoms. The van der Waals surface area contributed by atoms with Gasteiger partial charge in [0.05, 0.1) is 5.92 Å². The third-order valence-electron chi connectivity index (χ3n) is 2.98. The van der Waals surface area contributed by atoms with Gasteiger partial charge < -0.3 is 10.2 Å². The summed E-state index contributed by atoms with van der Waals surface area (Å²) >= 11 is 1.47. The third kappa shape index (κ3) is 5.00. The molecule has 5 nitrogen and oxygen atoms in total. The maximum absolute atomic E-state index is 14.0. The smallest absolute Gasteiger partial charge is 0.316 e. The van der Waals surface area contributed by atoms with Gasteiger partial charge in [0.15, 0.2) is 0 Å². The quantitative estimate of drug-likeness (QED) is 0.379. The molecule has 0 aliphatic carbocycles. The summed E-state index contributed by atoms with van der Waals surface area (Å²) in [6.07, 6.45) is -1.72. The van der Waals surface area contributed by atoms with E-state index in [1.165, 1.54) is 46.9 Å². The number of ketones is 1. The van der Waals surface area contributed by atoms with Crippen LogP contribution in [0, 0.1) is 5.92 Å². The van der Waals surface area contributed by atoms with Gasteiger partial charge in [0, 0.05) is 12.0 Å². The number of hydrogen-bond donors (Lipinski definition) is 2. The first-order chi connectivity index (χ1) is 10.1. The molecular formula is C14H13F2IO5.